The quantitative estimate of drug-likeness (QED) is 0.907. The van der Waals surface area contributed by atoms with Crippen LogP contribution in [0.4, 0.5) is 11.6 Å². The molecule has 2 aromatic rings. The van der Waals surface area contributed by atoms with Crippen LogP contribution in [0.25, 0.3) is 0 Å². The second-order valence-corrected chi connectivity index (χ2v) is 5.60. The van der Waals surface area contributed by atoms with Crippen LogP contribution in [0.2, 0.25) is 0 Å². The van der Waals surface area contributed by atoms with Crippen molar-refractivity contribution in [2.45, 2.75) is 32.6 Å². The summed E-state index contributed by atoms with van der Waals surface area (Å²) in [5, 5.41) is 6.60. The average Bonchev–Trinajstić information content (AvgIpc) is 2.48. The lowest BCUT2D eigenvalue weighted by Crippen LogP contribution is -2.27. The highest BCUT2D eigenvalue weighted by Crippen LogP contribution is 2.24. The van der Waals surface area contributed by atoms with Crippen molar-refractivity contribution < 1.29 is 0 Å². The van der Waals surface area contributed by atoms with Crippen LogP contribution in [0.5, 0.6) is 0 Å². The van der Waals surface area contributed by atoms with Crippen molar-refractivity contribution in [3.63, 3.8) is 0 Å². The molecule has 0 atom stereocenters. The van der Waals surface area contributed by atoms with E-state index >= 15 is 0 Å². The lowest BCUT2D eigenvalue weighted by Gasteiger charge is -2.22. The summed E-state index contributed by atoms with van der Waals surface area (Å²) in [4.78, 5) is 13.4. The number of nitrogens with zero attached hydrogens (tertiary/aromatic N) is 3. The van der Waals surface area contributed by atoms with E-state index in [4.69, 9.17) is 0 Å². The summed E-state index contributed by atoms with van der Waals surface area (Å²) in [6, 6.07) is 6.13. The summed E-state index contributed by atoms with van der Waals surface area (Å²) >= 11 is 0. The first-order chi connectivity index (χ1) is 10.2. The molecular formula is C16H21N5. The van der Waals surface area contributed by atoms with E-state index in [1.807, 2.05) is 26.1 Å². The molecule has 0 aliphatic carbocycles. The van der Waals surface area contributed by atoms with Crippen LogP contribution in [0.3, 0.4) is 0 Å². The van der Waals surface area contributed by atoms with Crippen LogP contribution in [-0.2, 0) is 0 Å². The van der Waals surface area contributed by atoms with Gasteiger partial charge in [0, 0.05) is 23.0 Å². The predicted molar refractivity (Wildman–Crippen MR) is 83.9 cm³/mol. The van der Waals surface area contributed by atoms with Gasteiger partial charge in [0.15, 0.2) is 0 Å². The Labute approximate surface area is 125 Å². The number of aromatic nitrogens is 3. The van der Waals surface area contributed by atoms with Crippen molar-refractivity contribution in [1.29, 1.82) is 0 Å². The molecule has 1 saturated heterocycles. The Balaban J connectivity index is 1.71. The van der Waals surface area contributed by atoms with Gasteiger partial charge in [0.2, 0.25) is 5.95 Å². The summed E-state index contributed by atoms with van der Waals surface area (Å²) < 4.78 is 0. The lowest BCUT2D eigenvalue weighted by atomic mass is 9.94. The minimum absolute atomic E-state index is 0.581. The first-order valence-corrected chi connectivity index (χ1v) is 7.47. The van der Waals surface area contributed by atoms with E-state index in [0.29, 0.717) is 11.9 Å². The normalized spacial score (nSPS) is 15.9. The van der Waals surface area contributed by atoms with Gasteiger partial charge >= 0.3 is 0 Å². The van der Waals surface area contributed by atoms with Crippen LogP contribution in [0.15, 0.2) is 24.4 Å². The molecule has 0 bridgehead atoms. The smallest absolute Gasteiger partial charge is 0.227 e. The number of anilines is 2. The van der Waals surface area contributed by atoms with Crippen LogP contribution in [0, 0.1) is 13.8 Å². The van der Waals surface area contributed by atoms with E-state index in [2.05, 4.69) is 37.7 Å². The first kappa shape index (κ1) is 13.9. The molecule has 1 aliphatic heterocycles. The summed E-state index contributed by atoms with van der Waals surface area (Å²) in [6.07, 6.45) is 4.21. The number of piperidine rings is 1. The molecular weight excluding hydrogens is 262 g/mol. The average molecular weight is 283 g/mol. The van der Waals surface area contributed by atoms with Crippen molar-refractivity contribution in [2.75, 3.05) is 18.4 Å². The summed E-state index contributed by atoms with van der Waals surface area (Å²) in [5.74, 6) is 1.21. The molecule has 1 aliphatic rings. The number of pyridine rings is 1. The zero-order valence-electron chi connectivity index (χ0n) is 12.6. The third kappa shape index (κ3) is 3.55. The molecule has 3 heterocycles. The zero-order valence-corrected chi connectivity index (χ0v) is 12.6. The van der Waals surface area contributed by atoms with E-state index in [-0.39, 0.29) is 0 Å². The number of rotatable bonds is 3. The number of nitrogens with one attached hydrogen (secondary N) is 2. The third-order valence-electron chi connectivity index (χ3n) is 3.78. The molecule has 0 amide bonds. The van der Waals surface area contributed by atoms with E-state index in [1.54, 1.807) is 0 Å². The number of hydrogen-bond donors (Lipinski definition) is 2. The molecule has 1 fully saturated rings. The van der Waals surface area contributed by atoms with Gasteiger partial charge in [0.25, 0.3) is 0 Å². The van der Waals surface area contributed by atoms with Crippen LogP contribution < -0.4 is 10.6 Å². The number of aryl methyl sites for hydroxylation is 2. The Morgan fingerprint density at radius 3 is 2.43 bits per heavy atom. The maximum absolute atomic E-state index is 4.60. The van der Waals surface area contributed by atoms with Gasteiger partial charge in [-0.25, -0.2) is 9.97 Å². The van der Waals surface area contributed by atoms with Crippen LogP contribution in [-0.4, -0.2) is 28.0 Å². The van der Waals surface area contributed by atoms with E-state index in [0.717, 1.165) is 30.2 Å². The summed E-state index contributed by atoms with van der Waals surface area (Å²) in [7, 11) is 0. The highest BCUT2D eigenvalue weighted by molar-refractivity contribution is 5.52. The van der Waals surface area contributed by atoms with Crippen LogP contribution >= 0.6 is 0 Å². The highest BCUT2D eigenvalue weighted by Gasteiger charge is 2.16. The molecule has 0 spiro atoms. The van der Waals surface area contributed by atoms with Crippen LogP contribution in [0.1, 0.15) is 35.8 Å². The minimum Gasteiger partial charge on any atom is -0.323 e. The SMILES string of the molecule is Cc1cc(C)nc(Nc2ccc(C3CCNCC3)nc2)n1. The van der Waals surface area contributed by atoms with E-state index < -0.39 is 0 Å². The van der Waals surface area contributed by atoms with Gasteiger partial charge in [0.05, 0.1) is 11.9 Å². The molecule has 0 saturated carbocycles. The summed E-state index contributed by atoms with van der Waals surface area (Å²) in [5.41, 5.74) is 4.04. The van der Waals surface area contributed by atoms with Crippen molar-refractivity contribution in [3.05, 3.63) is 41.5 Å². The highest BCUT2D eigenvalue weighted by atomic mass is 15.1. The standard InChI is InChI=1S/C16H21N5/c1-11-9-12(2)20-16(19-11)21-14-3-4-15(18-10-14)13-5-7-17-8-6-13/h3-4,9-10,13,17H,5-8H2,1-2H3,(H,19,20,21). The molecule has 2 N–H and O–H groups in total. The van der Waals surface area contributed by atoms with Gasteiger partial charge in [-0.05, 0) is 58.0 Å². The molecule has 5 nitrogen and oxygen atoms in total. The second-order valence-electron chi connectivity index (χ2n) is 5.60. The molecule has 0 aromatic carbocycles. The first-order valence-electron chi connectivity index (χ1n) is 7.47. The third-order valence-corrected chi connectivity index (χ3v) is 3.78. The second kappa shape index (κ2) is 6.18. The Hall–Kier alpha value is -2.01. The molecule has 0 radical (unpaired) electrons. The van der Waals surface area contributed by atoms with Crippen molar-refractivity contribution in [2.24, 2.45) is 0 Å². The molecule has 0 unspecified atom stereocenters. The molecule has 110 valence electrons. The fourth-order valence-electron chi connectivity index (χ4n) is 2.75. The molecule has 21 heavy (non-hydrogen) atoms. The van der Waals surface area contributed by atoms with Gasteiger partial charge in [-0.15, -0.1) is 0 Å². The summed E-state index contributed by atoms with van der Waals surface area (Å²) in [6.45, 7) is 6.11. The topological polar surface area (TPSA) is 62.7 Å². The van der Waals surface area contributed by atoms with Gasteiger partial charge in [0.1, 0.15) is 0 Å². The predicted octanol–water partition coefficient (Wildman–Crippen LogP) is 2.70. The fraction of sp³-hybridized carbons (Fsp3) is 0.438. The Morgan fingerprint density at radius 1 is 1.10 bits per heavy atom. The van der Waals surface area contributed by atoms with Crippen molar-refractivity contribution in [1.82, 2.24) is 20.3 Å². The Bertz CT molecular complexity index is 582. The number of hydrogen-bond acceptors (Lipinski definition) is 5. The Morgan fingerprint density at radius 2 is 1.81 bits per heavy atom. The van der Waals surface area contributed by atoms with E-state index in [1.165, 1.54) is 18.5 Å². The maximum atomic E-state index is 4.60. The van der Waals surface area contributed by atoms with Gasteiger partial charge in [-0.3, -0.25) is 4.98 Å². The minimum atomic E-state index is 0.581. The van der Waals surface area contributed by atoms with Crippen molar-refractivity contribution >= 4 is 11.6 Å². The molecule has 5 heteroatoms. The molecule has 2 aromatic heterocycles. The Kier molecular flexibility index (Phi) is 4.10. The molecule has 3 rings (SSSR count). The zero-order chi connectivity index (χ0) is 14.7. The van der Waals surface area contributed by atoms with Gasteiger partial charge in [-0.1, -0.05) is 0 Å². The fourth-order valence-corrected chi connectivity index (χ4v) is 2.75. The lowest BCUT2D eigenvalue weighted by molar-refractivity contribution is 0.453. The maximum Gasteiger partial charge on any atom is 0.227 e. The van der Waals surface area contributed by atoms with E-state index in [9.17, 15) is 0 Å². The monoisotopic (exact) mass is 283 g/mol. The van der Waals surface area contributed by atoms with Gasteiger partial charge < -0.3 is 10.6 Å². The van der Waals surface area contributed by atoms with Crippen molar-refractivity contribution in [3.8, 4) is 0 Å². The largest absolute Gasteiger partial charge is 0.323 e. The van der Waals surface area contributed by atoms with Gasteiger partial charge in [-0.2, -0.15) is 0 Å².